The SMILES string of the molecule is CCc1ccc(OCn2cc(NC(=O)COc3ccc(Cl)cc3)cn2)cc1. The molecule has 0 spiro atoms. The minimum atomic E-state index is -0.277. The smallest absolute Gasteiger partial charge is 0.262 e. The topological polar surface area (TPSA) is 65.4 Å². The number of aryl methyl sites for hydroxylation is 1. The summed E-state index contributed by atoms with van der Waals surface area (Å²) >= 11 is 5.81. The van der Waals surface area contributed by atoms with Crippen LogP contribution < -0.4 is 14.8 Å². The first-order valence-corrected chi connectivity index (χ1v) is 8.92. The zero-order chi connectivity index (χ0) is 19.1. The van der Waals surface area contributed by atoms with Crippen LogP contribution in [0.2, 0.25) is 5.02 Å². The lowest BCUT2D eigenvalue weighted by Crippen LogP contribution is -2.19. The zero-order valence-electron chi connectivity index (χ0n) is 14.9. The predicted molar refractivity (Wildman–Crippen MR) is 104 cm³/mol. The number of halogens is 1. The molecule has 1 amide bonds. The molecule has 3 aromatic rings. The van der Waals surface area contributed by atoms with E-state index < -0.39 is 0 Å². The van der Waals surface area contributed by atoms with Gasteiger partial charge in [-0.2, -0.15) is 5.10 Å². The van der Waals surface area contributed by atoms with E-state index in [-0.39, 0.29) is 19.2 Å². The van der Waals surface area contributed by atoms with Gasteiger partial charge in [0.25, 0.3) is 5.91 Å². The number of aromatic nitrogens is 2. The van der Waals surface area contributed by atoms with Gasteiger partial charge in [0, 0.05) is 5.02 Å². The van der Waals surface area contributed by atoms with Crippen molar-refractivity contribution in [3.05, 3.63) is 71.5 Å². The Labute approximate surface area is 162 Å². The van der Waals surface area contributed by atoms with Crippen molar-refractivity contribution in [3.63, 3.8) is 0 Å². The molecule has 0 aliphatic heterocycles. The van der Waals surface area contributed by atoms with E-state index in [4.69, 9.17) is 21.1 Å². The van der Waals surface area contributed by atoms with Gasteiger partial charge >= 0.3 is 0 Å². The Morgan fingerprint density at radius 3 is 2.44 bits per heavy atom. The van der Waals surface area contributed by atoms with Crippen LogP contribution in [0.3, 0.4) is 0 Å². The standard InChI is InChI=1S/C20H20ClN3O3/c1-2-15-3-7-19(8-4-15)27-14-24-12-17(11-22-24)23-20(25)13-26-18-9-5-16(21)6-10-18/h3-12H,2,13-14H2,1H3,(H,23,25). The van der Waals surface area contributed by atoms with Gasteiger partial charge < -0.3 is 14.8 Å². The van der Waals surface area contributed by atoms with E-state index in [1.54, 1.807) is 41.3 Å². The van der Waals surface area contributed by atoms with Crippen molar-refractivity contribution in [1.82, 2.24) is 9.78 Å². The molecule has 0 radical (unpaired) electrons. The number of rotatable bonds is 8. The summed E-state index contributed by atoms with van der Waals surface area (Å²) in [7, 11) is 0. The van der Waals surface area contributed by atoms with Crippen molar-refractivity contribution < 1.29 is 14.3 Å². The van der Waals surface area contributed by atoms with Crippen molar-refractivity contribution >= 4 is 23.2 Å². The molecule has 140 valence electrons. The summed E-state index contributed by atoms with van der Waals surface area (Å²) in [5, 5.41) is 7.51. The number of anilines is 1. The van der Waals surface area contributed by atoms with Crippen LogP contribution in [0, 0.1) is 0 Å². The van der Waals surface area contributed by atoms with E-state index in [2.05, 4.69) is 17.3 Å². The summed E-state index contributed by atoms with van der Waals surface area (Å²) in [6.07, 6.45) is 4.24. The molecule has 2 aromatic carbocycles. The second kappa shape index (κ2) is 9.09. The van der Waals surface area contributed by atoms with Crippen LogP contribution in [-0.2, 0) is 17.9 Å². The molecular weight excluding hydrogens is 366 g/mol. The third kappa shape index (κ3) is 5.76. The Hall–Kier alpha value is -2.99. The molecule has 0 unspecified atom stereocenters. The fourth-order valence-corrected chi connectivity index (χ4v) is 2.46. The van der Waals surface area contributed by atoms with Crippen LogP contribution in [0.4, 0.5) is 5.69 Å². The van der Waals surface area contributed by atoms with Crippen LogP contribution in [0.15, 0.2) is 60.9 Å². The number of benzene rings is 2. The highest BCUT2D eigenvalue weighted by Crippen LogP contribution is 2.16. The molecule has 1 heterocycles. The summed E-state index contributed by atoms with van der Waals surface area (Å²) in [5.74, 6) is 1.07. The highest BCUT2D eigenvalue weighted by Gasteiger charge is 2.06. The molecule has 1 aromatic heterocycles. The van der Waals surface area contributed by atoms with Crippen molar-refractivity contribution in [2.45, 2.75) is 20.1 Å². The highest BCUT2D eigenvalue weighted by molar-refractivity contribution is 6.30. The molecule has 0 saturated carbocycles. The van der Waals surface area contributed by atoms with Crippen LogP contribution in [0.5, 0.6) is 11.5 Å². The number of hydrogen-bond acceptors (Lipinski definition) is 4. The largest absolute Gasteiger partial charge is 0.484 e. The lowest BCUT2D eigenvalue weighted by atomic mass is 10.2. The van der Waals surface area contributed by atoms with Gasteiger partial charge in [-0.3, -0.25) is 4.79 Å². The lowest BCUT2D eigenvalue weighted by molar-refractivity contribution is -0.118. The van der Waals surface area contributed by atoms with Crippen molar-refractivity contribution in [2.75, 3.05) is 11.9 Å². The van der Waals surface area contributed by atoms with Gasteiger partial charge in [-0.05, 0) is 48.4 Å². The van der Waals surface area contributed by atoms with Crippen LogP contribution >= 0.6 is 11.6 Å². The average Bonchev–Trinajstić information content (AvgIpc) is 3.13. The Kier molecular flexibility index (Phi) is 6.33. The molecule has 0 atom stereocenters. The number of ether oxygens (including phenoxy) is 2. The number of carbonyl (C=O) groups is 1. The van der Waals surface area contributed by atoms with Gasteiger partial charge in [0.2, 0.25) is 0 Å². The van der Waals surface area contributed by atoms with Crippen molar-refractivity contribution in [2.24, 2.45) is 0 Å². The summed E-state index contributed by atoms with van der Waals surface area (Å²) in [6, 6.07) is 14.7. The molecule has 3 rings (SSSR count). The fraction of sp³-hybridized carbons (Fsp3) is 0.200. The van der Waals surface area contributed by atoms with Crippen LogP contribution in [-0.4, -0.2) is 22.3 Å². The number of amides is 1. The first-order chi connectivity index (χ1) is 13.1. The predicted octanol–water partition coefficient (Wildman–Crippen LogP) is 4.15. The van der Waals surface area contributed by atoms with Crippen molar-refractivity contribution in [3.8, 4) is 11.5 Å². The molecule has 0 fully saturated rings. The summed E-state index contributed by atoms with van der Waals surface area (Å²) in [4.78, 5) is 12.0. The van der Waals surface area contributed by atoms with Gasteiger partial charge in [0.15, 0.2) is 13.3 Å². The minimum absolute atomic E-state index is 0.104. The Morgan fingerprint density at radius 2 is 1.74 bits per heavy atom. The zero-order valence-corrected chi connectivity index (χ0v) is 15.6. The van der Waals surface area contributed by atoms with E-state index in [0.717, 1.165) is 12.2 Å². The minimum Gasteiger partial charge on any atom is -0.484 e. The molecule has 1 N–H and O–H groups in total. The molecule has 7 heteroatoms. The number of nitrogens with one attached hydrogen (secondary N) is 1. The van der Waals surface area contributed by atoms with Gasteiger partial charge in [0.05, 0.1) is 18.1 Å². The number of nitrogens with zero attached hydrogens (tertiary/aromatic N) is 2. The van der Waals surface area contributed by atoms with E-state index >= 15 is 0 Å². The van der Waals surface area contributed by atoms with Crippen LogP contribution in [0.25, 0.3) is 0 Å². The molecule has 0 aliphatic rings. The molecule has 0 saturated heterocycles. The van der Waals surface area contributed by atoms with Gasteiger partial charge in [-0.25, -0.2) is 4.68 Å². The maximum absolute atomic E-state index is 12.0. The summed E-state index contributed by atoms with van der Waals surface area (Å²) < 4.78 is 12.7. The highest BCUT2D eigenvalue weighted by atomic mass is 35.5. The molecular formula is C20H20ClN3O3. The quantitative estimate of drug-likeness (QED) is 0.632. The third-order valence-electron chi connectivity index (χ3n) is 3.80. The fourth-order valence-electron chi connectivity index (χ4n) is 2.34. The first-order valence-electron chi connectivity index (χ1n) is 8.55. The van der Waals surface area contributed by atoms with E-state index in [0.29, 0.717) is 16.5 Å². The summed E-state index contributed by atoms with van der Waals surface area (Å²) in [5.41, 5.74) is 1.83. The lowest BCUT2D eigenvalue weighted by Gasteiger charge is -2.07. The van der Waals surface area contributed by atoms with Crippen molar-refractivity contribution in [1.29, 1.82) is 0 Å². The van der Waals surface area contributed by atoms with E-state index in [1.807, 2.05) is 24.3 Å². The van der Waals surface area contributed by atoms with E-state index in [9.17, 15) is 4.79 Å². The second-order valence-electron chi connectivity index (χ2n) is 5.83. The van der Waals surface area contributed by atoms with E-state index in [1.165, 1.54) is 5.56 Å². The maximum atomic E-state index is 12.0. The van der Waals surface area contributed by atoms with Gasteiger partial charge in [0.1, 0.15) is 11.5 Å². The Balaban J connectivity index is 1.45. The Morgan fingerprint density at radius 1 is 1.07 bits per heavy atom. The average molecular weight is 386 g/mol. The normalized spacial score (nSPS) is 10.4. The van der Waals surface area contributed by atoms with Gasteiger partial charge in [-0.1, -0.05) is 30.7 Å². The molecule has 0 bridgehead atoms. The number of hydrogen-bond donors (Lipinski definition) is 1. The number of carbonyl (C=O) groups excluding carboxylic acids is 1. The van der Waals surface area contributed by atoms with Crippen LogP contribution in [0.1, 0.15) is 12.5 Å². The molecule has 0 aliphatic carbocycles. The van der Waals surface area contributed by atoms with Gasteiger partial charge in [-0.15, -0.1) is 0 Å². The monoisotopic (exact) mass is 385 g/mol. The first kappa shape index (κ1) is 18.8. The second-order valence-corrected chi connectivity index (χ2v) is 6.27. The summed E-state index contributed by atoms with van der Waals surface area (Å²) in [6.45, 7) is 2.26. The Bertz CT molecular complexity index is 876. The maximum Gasteiger partial charge on any atom is 0.262 e. The molecule has 6 nitrogen and oxygen atoms in total. The molecule has 27 heavy (non-hydrogen) atoms. The third-order valence-corrected chi connectivity index (χ3v) is 4.05.